The van der Waals surface area contributed by atoms with E-state index in [-0.39, 0.29) is 18.2 Å². The van der Waals surface area contributed by atoms with Gasteiger partial charge in [-0.3, -0.25) is 5.41 Å². The molecule has 4 heteroatoms. The second kappa shape index (κ2) is 5.72. The van der Waals surface area contributed by atoms with E-state index in [0.29, 0.717) is 6.54 Å². The summed E-state index contributed by atoms with van der Waals surface area (Å²) in [6.45, 7) is 0.486. The van der Waals surface area contributed by atoms with Gasteiger partial charge in [-0.25, -0.2) is 0 Å². The maximum atomic E-state index is 6.61. The maximum absolute atomic E-state index is 6.61. The fourth-order valence-corrected chi connectivity index (χ4v) is 0.190. The van der Waals surface area contributed by atoms with Crippen LogP contribution in [0.15, 0.2) is 0 Å². The highest BCUT2D eigenvalue weighted by Gasteiger charge is 1.77. The van der Waals surface area contributed by atoms with Gasteiger partial charge in [0.15, 0.2) is 0 Å². The summed E-state index contributed by atoms with van der Waals surface area (Å²) in [6, 6.07) is 0. The summed E-state index contributed by atoms with van der Waals surface area (Å²) in [5.41, 5.74) is 4.92. The van der Waals surface area contributed by atoms with Crippen molar-refractivity contribution < 1.29 is 0 Å². The number of nitrogens with one attached hydrogen (secondary N) is 2. The van der Waals surface area contributed by atoms with Crippen LogP contribution in [-0.4, -0.2) is 19.4 Å². The molecule has 0 heterocycles. The van der Waals surface area contributed by atoms with Crippen LogP contribution in [0.5, 0.6) is 0 Å². The van der Waals surface area contributed by atoms with Gasteiger partial charge in [0.05, 0.1) is 6.54 Å². The Bertz CT molecular complexity index is 54.1. The first-order valence-electron chi connectivity index (χ1n) is 1.75. The zero-order chi connectivity index (χ0) is 4.99. The van der Waals surface area contributed by atoms with E-state index in [0.717, 1.165) is 0 Å². The highest BCUT2D eigenvalue weighted by Crippen LogP contribution is 1.46. The second-order valence-corrected chi connectivity index (χ2v) is 1.06. The quantitative estimate of drug-likeness (QED) is 0.345. The van der Waals surface area contributed by atoms with Gasteiger partial charge in [-0.1, -0.05) is 0 Å². The van der Waals surface area contributed by atoms with Crippen molar-refractivity contribution in [1.82, 2.24) is 5.32 Å². The smallest absolute Gasteiger partial charge is 0.105 e. The van der Waals surface area contributed by atoms with E-state index in [1.54, 1.807) is 7.05 Å². The molecule has 0 unspecified atom stereocenters. The van der Waals surface area contributed by atoms with Gasteiger partial charge >= 0.3 is 0 Å². The number of hydrogen-bond acceptors (Lipinski definition) is 2. The SMILES string of the molecule is CNCC(=N)N.Cl. The van der Waals surface area contributed by atoms with Gasteiger partial charge in [-0.2, -0.15) is 0 Å². The topological polar surface area (TPSA) is 61.9 Å². The van der Waals surface area contributed by atoms with Crippen LogP contribution in [0.3, 0.4) is 0 Å². The van der Waals surface area contributed by atoms with Crippen LogP contribution in [-0.2, 0) is 0 Å². The third-order valence-corrected chi connectivity index (χ3v) is 0.367. The first kappa shape index (κ1) is 9.87. The van der Waals surface area contributed by atoms with Gasteiger partial charge in [-0.05, 0) is 7.05 Å². The molecule has 0 aromatic heterocycles. The molecule has 0 rings (SSSR count). The second-order valence-electron chi connectivity index (χ2n) is 1.06. The number of nitrogens with two attached hydrogens (primary N) is 1. The molecule has 3 nitrogen and oxygen atoms in total. The number of halogens is 1. The van der Waals surface area contributed by atoms with E-state index in [2.05, 4.69) is 5.32 Å². The summed E-state index contributed by atoms with van der Waals surface area (Å²) in [7, 11) is 1.75. The summed E-state index contributed by atoms with van der Waals surface area (Å²) in [4.78, 5) is 0. The molecule has 0 atom stereocenters. The third-order valence-electron chi connectivity index (χ3n) is 0.367. The van der Waals surface area contributed by atoms with Crippen molar-refractivity contribution in [2.45, 2.75) is 0 Å². The molecular weight excluding hydrogens is 114 g/mol. The molecule has 0 aromatic carbocycles. The Kier molecular flexibility index (Phi) is 8.06. The van der Waals surface area contributed by atoms with Gasteiger partial charge in [-0.15, -0.1) is 12.4 Å². The first-order chi connectivity index (χ1) is 2.77. The fraction of sp³-hybridized carbons (Fsp3) is 0.667. The van der Waals surface area contributed by atoms with Crippen LogP contribution in [0.1, 0.15) is 0 Å². The Morgan fingerprint density at radius 1 is 1.86 bits per heavy atom. The Labute approximate surface area is 49.2 Å². The molecule has 0 saturated heterocycles. The molecule has 0 spiro atoms. The van der Waals surface area contributed by atoms with E-state index < -0.39 is 0 Å². The van der Waals surface area contributed by atoms with Crippen molar-refractivity contribution in [2.24, 2.45) is 5.73 Å². The normalized spacial score (nSPS) is 7.00. The van der Waals surface area contributed by atoms with Crippen molar-refractivity contribution >= 4 is 18.2 Å². The molecule has 44 valence electrons. The van der Waals surface area contributed by atoms with E-state index in [1.165, 1.54) is 0 Å². The fourth-order valence-electron chi connectivity index (χ4n) is 0.190. The molecule has 7 heavy (non-hydrogen) atoms. The van der Waals surface area contributed by atoms with Crippen molar-refractivity contribution in [3.63, 3.8) is 0 Å². The summed E-state index contributed by atoms with van der Waals surface area (Å²) in [5.74, 6) is 0.178. The number of likely N-dealkylation sites (N-methyl/N-ethyl adjacent to an activating group) is 1. The number of rotatable bonds is 2. The minimum absolute atomic E-state index is 0. The average Bonchev–Trinajstić information content (AvgIpc) is 1.35. The molecule has 0 aliphatic carbocycles. The standard InChI is InChI=1S/C3H9N3.ClH/c1-6-2-3(4)5;/h6H,2H2,1H3,(H3,4,5);1H. The van der Waals surface area contributed by atoms with Gasteiger partial charge in [0, 0.05) is 0 Å². The van der Waals surface area contributed by atoms with Crippen LogP contribution < -0.4 is 11.1 Å². The predicted molar refractivity (Wildman–Crippen MR) is 33.1 cm³/mol. The van der Waals surface area contributed by atoms with Crippen LogP contribution in [0, 0.1) is 5.41 Å². The summed E-state index contributed by atoms with van der Waals surface area (Å²) >= 11 is 0. The minimum Gasteiger partial charge on any atom is -0.387 e. The maximum Gasteiger partial charge on any atom is 0.105 e. The predicted octanol–water partition coefficient (Wildman–Crippen LogP) is -0.436. The Balaban J connectivity index is 0. The van der Waals surface area contributed by atoms with Crippen LogP contribution in [0.25, 0.3) is 0 Å². The van der Waals surface area contributed by atoms with E-state index in [1.807, 2.05) is 0 Å². The van der Waals surface area contributed by atoms with Gasteiger partial charge < -0.3 is 11.1 Å². The summed E-state index contributed by atoms with van der Waals surface area (Å²) in [5, 5.41) is 9.33. The monoisotopic (exact) mass is 123 g/mol. The zero-order valence-electron chi connectivity index (χ0n) is 4.19. The van der Waals surface area contributed by atoms with Crippen LogP contribution in [0.2, 0.25) is 0 Å². The Hall–Kier alpha value is -0.280. The molecule has 0 aliphatic rings. The highest BCUT2D eigenvalue weighted by atomic mass is 35.5. The number of hydrogen-bond donors (Lipinski definition) is 3. The lowest BCUT2D eigenvalue weighted by molar-refractivity contribution is 0.935. The molecule has 0 saturated carbocycles. The van der Waals surface area contributed by atoms with Crippen LogP contribution >= 0.6 is 12.4 Å². The largest absolute Gasteiger partial charge is 0.387 e. The van der Waals surface area contributed by atoms with E-state index >= 15 is 0 Å². The molecular formula is C3H10ClN3. The van der Waals surface area contributed by atoms with Gasteiger partial charge in [0.25, 0.3) is 0 Å². The van der Waals surface area contributed by atoms with Crippen molar-refractivity contribution in [3.05, 3.63) is 0 Å². The molecule has 0 aliphatic heterocycles. The van der Waals surface area contributed by atoms with Gasteiger partial charge in [0.1, 0.15) is 5.84 Å². The average molecular weight is 124 g/mol. The lowest BCUT2D eigenvalue weighted by atomic mass is 10.6. The zero-order valence-corrected chi connectivity index (χ0v) is 5.01. The summed E-state index contributed by atoms with van der Waals surface area (Å²) in [6.07, 6.45) is 0. The molecule has 0 aromatic rings. The van der Waals surface area contributed by atoms with Crippen molar-refractivity contribution in [3.8, 4) is 0 Å². The Morgan fingerprint density at radius 3 is 2.29 bits per heavy atom. The molecule has 0 fully saturated rings. The van der Waals surface area contributed by atoms with E-state index in [9.17, 15) is 0 Å². The van der Waals surface area contributed by atoms with Gasteiger partial charge in [0.2, 0.25) is 0 Å². The van der Waals surface area contributed by atoms with Crippen molar-refractivity contribution in [1.29, 1.82) is 5.41 Å². The number of amidine groups is 1. The molecule has 0 radical (unpaired) electrons. The molecule has 0 amide bonds. The van der Waals surface area contributed by atoms with E-state index in [4.69, 9.17) is 11.1 Å². The lowest BCUT2D eigenvalue weighted by Gasteiger charge is -1.89. The van der Waals surface area contributed by atoms with Crippen molar-refractivity contribution in [2.75, 3.05) is 13.6 Å². The molecule has 0 bridgehead atoms. The first-order valence-corrected chi connectivity index (χ1v) is 1.75. The third kappa shape index (κ3) is 10.7. The summed E-state index contributed by atoms with van der Waals surface area (Å²) < 4.78 is 0. The lowest BCUT2D eigenvalue weighted by Crippen LogP contribution is -2.24. The van der Waals surface area contributed by atoms with Crippen LogP contribution in [0.4, 0.5) is 0 Å². The Morgan fingerprint density at radius 2 is 2.29 bits per heavy atom. The highest BCUT2D eigenvalue weighted by molar-refractivity contribution is 5.85. The molecule has 4 N–H and O–H groups in total. The minimum atomic E-state index is 0.